The summed E-state index contributed by atoms with van der Waals surface area (Å²) in [5, 5.41) is 0.486. The average Bonchev–Trinajstić information content (AvgIpc) is 2.06. The van der Waals surface area contributed by atoms with Gasteiger partial charge in [-0.3, -0.25) is 0 Å². The van der Waals surface area contributed by atoms with Crippen molar-refractivity contribution in [1.82, 2.24) is 0 Å². The molecule has 1 aliphatic rings. The third-order valence-electron chi connectivity index (χ3n) is 2.34. The highest BCUT2D eigenvalue weighted by atomic mass is 32.1. The van der Waals surface area contributed by atoms with Crippen molar-refractivity contribution in [2.75, 3.05) is 0 Å². The number of hydrogen-bond donors (Lipinski definition) is 1. The van der Waals surface area contributed by atoms with Crippen LogP contribution in [0, 0.1) is 0 Å². The Bertz CT molecular complexity index is 255. The van der Waals surface area contributed by atoms with Crippen LogP contribution in [0.5, 0.6) is 0 Å². The van der Waals surface area contributed by atoms with Crippen LogP contribution in [0.3, 0.4) is 0 Å². The van der Waals surface area contributed by atoms with Crippen molar-refractivity contribution >= 4 is 12.6 Å². The zero-order valence-corrected chi connectivity index (χ0v) is 7.35. The van der Waals surface area contributed by atoms with Crippen LogP contribution in [0.1, 0.15) is 29.2 Å². The minimum atomic E-state index is 0.486. The third kappa shape index (κ3) is 1.30. The molecule has 1 aliphatic carbocycles. The van der Waals surface area contributed by atoms with Gasteiger partial charge >= 0.3 is 0 Å². The summed E-state index contributed by atoms with van der Waals surface area (Å²) in [5.41, 5.74) is 2.95. The van der Waals surface area contributed by atoms with Gasteiger partial charge in [0.05, 0.1) is 0 Å². The topological polar surface area (TPSA) is 0 Å². The molecular formula is C10H12S. The quantitative estimate of drug-likeness (QED) is 0.560. The Hall–Kier alpha value is -0.430. The molecule has 0 bridgehead atoms. The van der Waals surface area contributed by atoms with Crippen LogP contribution in [-0.4, -0.2) is 0 Å². The zero-order valence-electron chi connectivity index (χ0n) is 6.46. The Kier molecular flexibility index (Phi) is 1.91. The summed E-state index contributed by atoms with van der Waals surface area (Å²) in [6.07, 6.45) is 3.78. The van der Waals surface area contributed by atoms with Crippen LogP contribution >= 0.6 is 12.6 Å². The van der Waals surface area contributed by atoms with E-state index in [2.05, 4.69) is 36.9 Å². The van der Waals surface area contributed by atoms with E-state index in [9.17, 15) is 0 Å². The van der Waals surface area contributed by atoms with Crippen LogP contribution in [0.2, 0.25) is 0 Å². The molecule has 1 heteroatoms. The lowest BCUT2D eigenvalue weighted by atomic mass is 9.91. The van der Waals surface area contributed by atoms with E-state index in [1.807, 2.05) is 0 Å². The monoisotopic (exact) mass is 164 g/mol. The van der Waals surface area contributed by atoms with Crippen LogP contribution in [0.4, 0.5) is 0 Å². The molecular weight excluding hydrogens is 152 g/mol. The minimum absolute atomic E-state index is 0.486. The number of aryl methyl sites for hydroxylation is 1. The molecule has 0 aromatic heterocycles. The van der Waals surface area contributed by atoms with Gasteiger partial charge in [-0.15, -0.1) is 0 Å². The van der Waals surface area contributed by atoms with Gasteiger partial charge in [-0.1, -0.05) is 24.3 Å². The molecule has 0 unspecified atom stereocenters. The van der Waals surface area contributed by atoms with Crippen LogP contribution in [-0.2, 0) is 6.42 Å². The van der Waals surface area contributed by atoms with E-state index in [0.29, 0.717) is 5.25 Å². The summed E-state index contributed by atoms with van der Waals surface area (Å²) < 4.78 is 0. The summed E-state index contributed by atoms with van der Waals surface area (Å²) in [4.78, 5) is 0. The average molecular weight is 164 g/mol. The fraction of sp³-hybridized carbons (Fsp3) is 0.400. The molecule has 0 saturated heterocycles. The molecule has 58 valence electrons. The SMILES string of the molecule is S[C@@H]1CCCc2ccccc21. The maximum absolute atomic E-state index is 4.54. The predicted octanol–water partition coefficient (Wildman–Crippen LogP) is 2.99. The molecule has 0 heterocycles. The van der Waals surface area contributed by atoms with E-state index in [-0.39, 0.29) is 0 Å². The molecule has 0 aliphatic heterocycles. The lowest BCUT2D eigenvalue weighted by Crippen LogP contribution is -2.04. The summed E-state index contributed by atoms with van der Waals surface area (Å²) in [5.74, 6) is 0. The molecule has 0 N–H and O–H groups in total. The van der Waals surface area contributed by atoms with Gasteiger partial charge in [-0.25, -0.2) is 0 Å². The third-order valence-corrected chi connectivity index (χ3v) is 2.87. The van der Waals surface area contributed by atoms with Crippen LogP contribution in [0.25, 0.3) is 0 Å². The first-order valence-corrected chi connectivity index (χ1v) is 4.65. The van der Waals surface area contributed by atoms with Crippen LogP contribution in [0.15, 0.2) is 24.3 Å². The van der Waals surface area contributed by atoms with Gasteiger partial charge in [0.25, 0.3) is 0 Å². The van der Waals surface area contributed by atoms with E-state index < -0.39 is 0 Å². The molecule has 1 aromatic rings. The smallest absolute Gasteiger partial charge is 0.0269 e. The van der Waals surface area contributed by atoms with Crippen molar-refractivity contribution in [3.63, 3.8) is 0 Å². The van der Waals surface area contributed by atoms with Crippen molar-refractivity contribution in [1.29, 1.82) is 0 Å². The maximum atomic E-state index is 4.54. The van der Waals surface area contributed by atoms with Crippen LogP contribution < -0.4 is 0 Å². The molecule has 1 atom stereocenters. The standard InChI is InChI=1S/C10H12S/c11-10-7-3-5-8-4-1-2-6-9(8)10/h1-2,4,6,10-11H,3,5,7H2/t10-/m1/s1. The molecule has 2 rings (SSSR count). The highest BCUT2D eigenvalue weighted by molar-refractivity contribution is 7.80. The predicted molar refractivity (Wildman–Crippen MR) is 51.1 cm³/mol. The Labute approximate surface area is 73.0 Å². The van der Waals surface area contributed by atoms with E-state index in [4.69, 9.17) is 0 Å². The van der Waals surface area contributed by atoms with Gasteiger partial charge < -0.3 is 0 Å². The number of thiol groups is 1. The second-order valence-electron chi connectivity index (χ2n) is 3.11. The zero-order chi connectivity index (χ0) is 7.68. The largest absolute Gasteiger partial charge is 0.171 e. The Balaban J connectivity index is 2.44. The van der Waals surface area contributed by atoms with Gasteiger partial charge in [-0.05, 0) is 30.4 Å². The van der Waals surface area contributed by atoms with E-state index in [1.54, 1.807) is 0 Å². The normalized spacial score (nSPS) is 22.8. The second-order valence-corrected chi connectivity index (χ2v) is 3.73. The number of hydrogen-bond acceptors (Lipinski definition) is 1. The van der Waals surface area contributed by atoms with Crippen molar-refractivity contribution in [2.24, 2.45) is 0 Å². The van der Waals surface area contributed by atoms with Crippen molar-refractivity contribution in [3.8, 4) is 0 Å². The Morgan fingerprint density at radius 2 is 2.09 bits per heavy atom. The fourth-order valence-corrected chi connectivity index (χ4v) is 2.16. The Morgan fingerprint density at radius 1 is 1.27 bits per heavy atom. The number of rotatable bonds is 0. The summed E-state index contributed by atoms with van der Waals surface area (Å²) in [7, 11) is 0. The molecule has 0 nitrogen and oxygen atoms in total. The first-order chi connectivity index (χ1) is 5.38. The maximum Gasteiger partial charge on any atom is 0.0269 e. The lowest BCUT2D eigenvalue weighted by Gasteiger charge is -2.20. The summed E-state index contributed by atoms with van der Waals surface area (Å²) >= 11 is 4.54. The van der Waals surface area contributed by atoms with Crippen molar-refractivity contribution in [2.45, 2.75) is 24.5 Å². The molecule has 11 heavy (non-hydrogen) atoms. The van der Waals surface area contributed by atoms with Gasteiger partial charge in [0, 0.05) is 5.25 Å². The molecule has 0 saturated carbocycles. The molecule has 1 aromatic carbocycles. The van der Waals surface area contributed by atoms with E-state index >= 15 is 0 Å². The van der Waals surface area contributed by atoms with Gasteiger partial charge in [-0.2, -0.15) is 12.6 Å². The molecule has 0 amide bonds. The number of benzene rings is 1. The highest BCUT2D eigenvalue weighted by Crippen LogP contribution is 2.33. The summed E-state index contributed by atoms with van der Waals surface area (Å²) in [6, 6.07) is 8.64. The Morgan fingerprint density at radius 3 is 2.91 bits per heavy atom. The summed E-state index contributed by atoms with van der Waals surface area (Å²) in [6.45, 7) is 0. The molecule has 0 radical (unpaired) electrons. The first-order valence-electron chi connectivity index (χ1n) is 4.14. The van der Waals surface area contributed by atoms with E-state index in [1.165, 1.54) is 30.4 Å². The fourth-order valence-electron chi connectivity index (χ4n) is 1.73. The van der Waals surface area contributed by atoms with Gasteiger partial charge in [0.15, 0.2) is 0 Å². The molecule has 0 fully saturated rings. The lowest BCUT2D eigenvalue weighted by molar-refractivity contribution is 0.676. The van der Waals surface area contributed by atoms with Gasteiger partial charge in [0.2, 0.25) is 0 Å². The minimum Gasteiger partial charge on any atom is -0.171 e. The second kappa shape index (κ2) is 2.90. The molecule has 0 spiro atoms. The van der Waals surface area contributed by atoms with Crippen molar-refractivity contribution < 1.29 is 0 Å². The van der Waals surface area contributed by atoms with Gasteiger partial charge in [0.1, 0.15) is 0 Å². The van der Waals surface area contributed by atoms with Crippen molar-refractivity contribution in [3.05, 3.63) is 35.4 Å². The first kappa shape index (κ1) is 7.23. The number of fused-ring (bicyclic) bond motifs is 1. The van der Waals surface area contributed by atoms with E-state index in [0.717, 1.165) is 0 Å². The highest BCUT2D eigenvalue weighted by Gasteiger charge is 2.15.